The zero-order chi connectivity index (χ0) is 18.4. The maximum atomic E-state index is 5.46. The lowest BCUT2D eigenvalue weighted by Gasteiger charge is -2.32. The number of rotatable bonds is 6. The molecule has 1 atom stereocenters. The first-order chi connectivity index (χ1) is 12.7. The summed E-state index contributed by atoms with van der Waals surface area (Å²) in [6, 6.07) is 0.616. The lowest BCUT2D eigenvalue weighted by molar-refractivity contribution is 0.0195. The highest BCUT2D eigenvalue weighted by Gasteiger charge is 2.30. The summed E-state index contributed by atoms with van der Waals surface area (Å²) >= 11 is 0. The molecule has 0 amide bonds. The third kappa shape index (κ3) is 6.28. The van der Waals surface area contributed by atoms with E-state index in [2.05, 4.69) is 44.1 Å². The summed E-state index contributed by atoms with van der Waals surface area (Å²) in [5, 5.41) is 7.49. The van der Waals surface area contributed by atoms with E-state index in [1.54, 1.807) is 0 Å². The molecule has 8 nitrogen and oxygen atoms in total. The Morgan fingerprint density at radius 1 is 1.30 bits per heavy atom. The molecule has 1 unspecified atom stereocenters. The van der Waals surface area contributed by atoms with Gasteiger partial charge >= 0.3 is 0 Å². The van der Waals surface area contributed by atoms with E-state index >= 15 is 0 Å². The minimum Gasteiger partial charge on any atom is -0.379 e. The lowest BCUT2D eigenvalue weighted by Crippen LogP contribution is -2.46. The van der Waals surface area contributed by atoms with Gasteiger partial charge in [0.15, 0.2) is 11.8 Å². The smallest absolute Gasteiger partial charge is 0.226 e. The molecule has 3 rings (SSSR count). The zero-order valence-electron chi connectivity index (χ0n) is 16.7. The van der Waals surface area contributed by atoms with E-state index in [1.165, 1.54) is 6.42 Å². The Kier molecular flexibility index (Phi) is 9.24. The van der Waals surface area contributed by atoms with Crippen molar-refractivity contribution in [2.24, 2.45) is 4.99 Å². The van der Waals surface area contributed by atoms with Gasteiger partial charge in [0.1, 0.15) is 0 Å². The second-order valence-electron chi connectivity index (χ2n) is 7.32. The van der Waals surface area contributed by atoms with Crippen molar-refractivity contribution in [2.45, 2.75) is 45.1 Å². The average Bonchev–Trinajstić information content (AvgIpc) is 3.32. The average molecular weight is 492 g/mol. The van der Waals surface area contributed by atoms with Crippen LogP contribution in [-0.4, -0.2) is 84.9 Å². The number of hydrogen-bond acceptors (Lipinski definition) is 6. The van der Waals surface area contributed by atoms with Gasteiger partial charge < -0.3 is 19.5 Å². The first-order valence-corrected chi connectivity index (χ1v) is 9.77. The molecule has 0 radical (unpaired) electrons. The summed E-state index contributed by atoms with van der Waals surface area (Å²) in [5.41, 5.74) is 0. The number of ether oxygens (including phenoxy) is 1. The lowest BCUT2D eigenvalue weighted by atomic mass is 10.2. The maximum absolute atomic E-state index is 5.46. The highest BCUT2D eigenvalue weighted by molar-refractivity contribution is 14.0. The molecule has 1 N–H and O–H groups in total. The number of aliphatic imine (C=N–C) groups is 1. The Morgan fingerprint density at radius 3 is 2.74 bits per heavy atom. The van der Waals surface area contributed by atoms with Gasteiger partial charge in [-0.3, -0.25) is 9.89 Å². The minimum atomic E-state index is 0. The van der Waals surface area contributed by atoms with Crippen molar-refractivity contribution in [1.29, 1.82) is 0 Å². The third-order valence-electron chi connectivity index (χ3n) is 5.09. The van der Waals surface area contributed by atoms with Crippen LogP contribution < -0.4 is 5.32 Å². The van der Waals surface area contributed by atoms with Crippen LogP contribution in [0.25, 0.3) is 0 Å². The molecule has 1 aromatic rings. The Bertz CT molecular complexity index is 588. The standard InChI is InChI=1S/C18H32N6O2.HI/c1-14(2)17-21-16(26-22-17)5-4-7-20-18(19-3)24-8-6-15(13-24)23-9-11-25-12-10-23;/h14-15H,4-13H2,1-3H3,(H,19,20);1H. The van der Waals surface area contributed by atoms with Gasteiger partial charge in [0, 0.05) is 58.2 Å². The van der Waals surface area contributed by atoms with E-state index in [9.17, 15) is 0 Å². The molecule has 2 aliphatic heterocycles. The molecule has 0 aliphatic carbocycles. The molecule has 27 heavy (non-hydrogen) atoms. The van der Waals surface area contributed by atoms with Crippen LogP contribution in [0.1, 0.15) is 44.3 Å². The molecule has 2 fully saturated rings. The van der Waals surface area contributed by atoms with Gasteiger partial charge in [0.2, 0.25) is 5.89 Å². The van der Waals surface area contributed by atoms with E-state index < -0.39 is 0 Å². The third-order valence-corrected chi connectivity index (χ3v) is 5.09. The van der Waals surface area contributed by atoms with Gasteiger partial charge in [-0.2, -0.15) is 4.98 Å². The van der Waals surface area contributed by atoms with Crippen LogP contribution in [0.15, 0.2) is 9.52 Å². The van der Waals surface area contributed by atoms with E-state index in [4.69, 9.17) is 9.26 Å². The molecule has 0 spiro atoms. The maximum Gasteiger partial charge on any atom is 0.226 e. The van der Waals surface area contributed by atoms with Crippen molar-refractivity contribution in [2.75, 3.05) is 53.0 Å². The zero-order valence-corrected chi connectivity index (χ0v) is 19.0. The van der Waals surface area contributed by atoms with Crippen molar-refractivity contribution in [3.63, 3.8) is 0 Å². The highest BCUT2D eigenvalue weighted by atomic mass is 127. The summed E-state index contributed by atoms with van der Waals surface area (Å²) in [5.74, 6) is 2.81. The van der Waals surface area contributed by atoms with E-state index in [0.717, 1.165) is 76.5 Å². The van der Waals surface area contributed by atoms with Crippen LogP contribution in [-0.2, 0) is 11.2 Å². The second-order valence-corrected chi connectivity index (χ2v) is 7.32. The van der Waals surface area contributed by atoms with Gasteiger partial charge in [-0.1, -0.05) is 19.0 Å². The monoisotopic (exact) mass is 492 g/mol. The Balaban J connectivity index is 0.00000261. The summed E-state index contributed by atoms with van der Waals surface area (Å²) < 4.78 is 10.8. The van der Waals surface area contributed by atoms with Crippen molar-refractivity contribution in [1.82, 2.24) is 25.3 Å². The Morgan fingerprint density at radius 2 is 2.07 bits per heavy atom. The number of morpholine rings is 1. The van der Waals surface area contributed by atoms with Crippen molar-refractivity contribution >= 4 is 29.9 Å². The Hall–Kier alpha value is -0.940. The minimum absolute atomic E-state index is 0. The second kappa shape index (κ2) is 11.2. The molecular weight excluding hydrogens is 459 g/mol. The number of aryl methyl sites for hydroxylation is 1. The number of nitrogens with zero attached hydrogens (tertiary/aromatic N) is 5. The van der Waals surface area contributed by atoms with Crippen LogP contribution in [0.5, 0.6) is 0 Å². The number of hydrogen-bond donors (Lipinski definition) is 1. The van der Waals surface area contributed by atoms with Crippen LogP contribution in [0.2, 0.25) is 0 Å². The molecule has 3 heterocycles. The molecule has 2 saturated heterocycles. The first kappa shape index (κ1) is 22.4. The van der Waals surface area contributed by atoms with Crippen LogP contribution >= 0.6 is 24.0 Å². The summed E-state index contributed by atoms with van der Waals surface area (Å²) in [7, 11) is 1.86. The number of halogens is 1. The van der Waals surface area contributed by atoms with E-state index in [1.807, 2.05) is 7.05 Å². The molecule has 0 aromatic carbocycles. The molecule has 9 heteroatoms. The van der Waals surface area contributed by atoms with E-state index in [0.29, 0.717) is 12.0 Å². The predicted molar refractivity (Wildman–Crippen MR) is 116 cm³/mol. The van der Waals surface area contributed by atoms with Gasteiger partial charge in [-0.25, -0.2) is 0 Å². The van der Waals surface area contributed by atoms with Gasteiger partial charge in [0.25, 0.3) is 0 Å². The SMILES string of the molecule is CN=C(NCCCc1nc(C(C)C)no1)N1CCC(N2CCOCC2)C1.I. The van der Waals surface area contributed by atoms with Crippen molar-refractivity contribution in [3.8, 4) is 0 Å². The van der Waals surface area contributed by atoms with Crippen LogP contribution in [0, 0.1) is 0 Å². The van der Waals surface area contributed by atoms with E-state index in [-0.39, 0.29) is 24.0 Å². The molecule has 2 aliphatic rings. The fourth-order valence-corrected chi connectivity index (χ4v) is 3.55. The molecule has 0 bridgehead atoms. The number of guanidine groups is 1. The molecule has 1 aromatic heterocycles. The van der Waals surface area contributed by atoms with Gasteiger partial charge in [-0.15, -0.1) is 24.0 Å². The topological polar surface area (TPSA) is 79.0 Å². The van der Waals surface area contributed by atoms with Crippen LogP contribution in [0.3, 0.4) is 0 Å². The normalized spacial score (nSPS) is 21.6. The van der Waals surface area contributed by atoms with Crippen LogP contribution in [0.4, 0.5) is 0 Å². The first-order valence-electron chi connectivity index (χ1n) is 9.77. The quantitative estimate of drug-likeness (QED) is 0.281. The highest BCUT2D eigenvalue weighted by Crippen LogP contribution is 2.17. The van der Waals surface area contributed by atoms with Gasteiger partial charge in [0.05, 0.1) is 13.2 Å². The Labute approximate surface area is 179 Å². The summed E-state index contributed by atoms with van der Waals surface area (Å²) in [4.78, 5) is 13.8. The fraction of sp³-hybridized carbons (Fsp3) is 0.833. The largest absolute Gasteiger partial charge is 0.379 e. The molecule has 0 saturated carbocycles. The molecule has 154 valence electrons. The molecular formula is C18H33IN6O2. The number of likely N-dealkylation sites (tertiary alicyclic amines) is 1. The fourth-order valence-electron chi connectivity index (χ4n) is 3.55. The van der Waals surface area contributed by atoms with Gasteiger partial charge in [-0.05, 0) is 12.8 Å². The number of aromatic nitrogens is 2. The van der Waals surface area contributed by atoms with Crippen molar-refractivity contribution in [3.05, 3.63) is 11.7 Å². The summed E-state index contributed by atoms with van der Waals surface area (Å²) in [6.45, 7) is 10.9. The predicted octanol–water partition coefficient (Wildman–Crippen LogP) is 1.73. The number of nitrogens with one attached hydrogen (secondary N) is 1. The summed E-state index contributed by atoms with van der Waals surface area (Å²) in [6.07, 6.45) is 2.93. The van der Waals surface area contributed by atoms with Crippen molar-refractivity contribution < 1.29 is 9.26 Å².